The molecule has 1 heterocycles. The highest BCUT2D eigenvalue weighted by molar-refractivity contribution is 8.00. The Morgan fingerprint density at radius 1 is 1.53 bits per heavy atom. The maximum atomic E-state index is 11.5. The van der Waals surface area contributed by atoms with Gasteiger partial charge in [0.1, 0.15) is 0 Å². The minimum Gasteiger partial charge on any atom is -0.366 e. The molecule has 2 N–H and O–H groups in total. The molecule has 1 aromatic rings. The van der Waals surface area contributed by atoms with Gasteiger partial charge in [-0.15, -0.1) is 0 Å². The first-order valence-corrected chi connectivity index (χ1v) is 7.00. The van der Waals surface area contributed by atoms with Crippen LogP contribution in [0.4, 0.5) is 5.69 Å². The number of hydrogen-bond acceptors (Lipinski definition) is 3. The molecule has 0 unspecified atom stereocenters. The van der Waals surface area contributed by atoms with Crippen molar-refractivity contribution in [1.29, 1.82) is 0 Å². The van der Waals surface area contributed by atoms with Gasteiger partial charge in [-0.25, -0.2) is 0 Å². The Balaban J connectivity index is 2.33. The van der Waals surface area contributed by atoms with Crippen molar-refractivity contribution in [2.45, 2.75) is 26.2 Å². The van der Waals surface area contributed by atoms with Gasteiger partial charge in [0, 0.05) is 12.3 Å². The van der Waals surface area contributed by atoms with Crippen LogP contribution in [-0.4, -0.2) is 18.2 Å². The molecule has 1 aliphatic heterocycles. The van der Waals surface area contributed by atoms with Crippen molar-refractivity contribution in [1.82, 2.24) is 0 Å². The molecular formula is C13H18N2OS. The number of primary amides is 1. The van der Waals surface area contributed by atoms with Gasteiger partial charge in [-0.05, 0) is 42.5 Å². The summed E-state index contributed by atoms with van der Waals surface area (Å²) in [4.78, 5) is 11.5. The predicted octanol–water partition coefficient (Wildman–Crippen LogP) is 2.60. The van der Waals surface area contributed by atoms with Crippen molar-refractivity contribution in [3.05, 3.63) is 29.3 Å². The summed E-state index contributed by atoms with van der Waals surface area (Å²) in [5, 5.41) is 0. The zero-order valence-corrected chi connectivity index (χ0v) is 10.9. The summed E-state index contributed by atoms with van der Waals surface area (Å²) in [5.74, 6) is 0.792. The van der Waals surface area contributed by atoms with Gasteiger partial charge in [0.2, 0.25) is 0 Å². The lowest BCUT2D eigenvalue weighted by Crippen LogP contribution is -2.18. The monoisotopic (exact) mass is 250 g/mol. The molecular weight excluding hydrogens is 232 g/mol. The van der Waals surface area contributed by atoms with Crippen molar-refractivity contribution in [3.63, 3.8) is 0 Å². The summed E-state index contributed by atoms with van der Waals surface area (Å²) in [6.07, 6.45) is 3.24. The van der Waals surface area contributed by atoms with E-state index < -0.39 is 0 Å². The van der Waals surface area contributed by atoms with E-state index in [1.165, 1.54) is 12.0 Å². The number of nitrogens with zero attached hydrogens (tertiary/aromatic N) is 1. The van der Waals surface area contributed by atoms with Crippen LogP contribution < -0.4 is 10.0 Å². The highest BCUT2D eigenvalue weighted by Gasteiger charge is 2.19. The quantitative estimate of drug-likeness (QED) is 0.835. The van der Waals surface area contributed by atoms with E-state index in [0.29, 0.717) is 5.56 Å². The molecule has 0 spiro atoms. The Bertz CT molecular complexity index is 414. The average molecular weight is 250 g/mol. The van der Waals surface area contributed by atoms with Crippen molar-refractivity contribution >= 4 is 23.5 Å². The van der Waals surface area contributed by atoms with Crippen molar-refractivity contribution in [2.75, 3.05) is 16.6 Å². The zero-order chi connectivity index (χ0) is 12.3. The van der Waals surface area contributed by atoms with Crippen LogP contribution in [0, 0.1) is 0 Å². The van der Waals surface area contributed by atoms with Crippen LogP contribution in [0.25, 0.3) is 0 Å². The molecule has 2 rings (SSSR count). The Hall–Kier alpha value is -1.16. The molecule has 0 bridgehead atoms. The van der Waals surface area contributed by atoms with E-state index in [9.17, 15) is 4.79 Å². The Morgan fingerprint density at radius 2 is 2.35 bits per heavy atom. The molecule has 1 saturated heterocycles. The molecule has 0 saturated carbocycles. The SMILES string of the molecule is CCCc1ccc(N2CCCS2)c(C(N)=O)c1. The molecule has 17 heavy (non-hydrogen) atoms. The summed E-state index contributed by atoms with van der Waals surface area (Å²) in [5.41, 5.74) is 8.29. The van der Waals surface area contributed by atoms with Crippen molar-refractivity contribution in [2.24, 2.45) is 5.73 Å². The Morgan fingerprint density at radius 3 is 2.94 bits per heavy atom. The van der Waals surface area contributed by atoms with Gasteiger partial charge >= 0.3 is 0 Å². The first kappa shape index (κ1) is 12.3. The minimum absolute atomic E-state index is 0.328. The van der Waals surface area contributed by atoms with E-state index in [1.54, 1.807) is 11.9 Å². The number of amides is 1. The molecule has 3 nitrogen and oxygen atoms in total. The third-order valence-electron chi connectivity index (χ3n) is 2.89. The van der Waals surface area contributed by atoms with E-state index in [2.05, 4.69) is 17.3 Å². The summed E-state index contributed by atoms with van der Waals surface area (Å²) in [6.45, 7) is 3.13. The van der Waals surface area contributed by atoms with Crippen LogP contribution in [0.5, 0.6) is 0 Å². The third kappa shape index (κ3) is 2.75. The lowest BCUT2D eigenvalue weighted by molar-refractivity contribution is 0.100. The maximum absolute atomic E-state index is 11.5. The number of hydrogen-bond donors (Lipinski definition) is 1. The number of nitrogens with two attached hydrogens (primary N) is 1. The van der Waals surface area contributed by atoms with E-state index in [-0.39, 0.29) is 5.91 Å². The van der Waals surface area contributed by atoms with Crippen LogP contribution in [0.15, 0.2) is 18.2 Å². The molecule has 0 atom stereocenters. The van der Waals surface area contributed by atoms with Gasteiger partial charge in [-0.1, -0.05) is 19.4 Å². The summed E-state index contributed by atoms with van der Waals surface area (Å²) in [7, 11) is 0. The van der Waals surface area contributed by atoms with Crippen LogP contribution >= 0.6 is 11.9 Å². The summed E-state index contributed by atoms with van der Waals surface area (Å²) >= 11 is 1.77. The second-order valence-corrected chi connectivity index (χ2v) is 5.36. The number of anilines is 1. The lowest BCUT2D eigenvalue weighted by atomic mass is 10.0. The molecule has 1 amide bonds. The topological polar surface area (TPSA) is 46.3 Å². The lowest BCUT2D eigenvalue weighted by Gasteiger charge is -2.19. The van der Waals surface area contributed by atoms with E-state index in [0.717, 1.165) is 30.8 Å². The van der Waals surface area contributed by atoms with E-state index in [1.807, 2.05) is 12.1 Å². The Kier molecular flexibility index (Phi) is 3.94. The normalized spacial score (nSPS) is 15.2. The third-order valence-corrected chi connectivity index (χ3v) is 4.05. The first-order chi connectivity index (χ1) is 8.22. The van der Waals surface area contributed by atoms with Crippen molar-refractivity contribution < 1.29 is 4.79 Å². The van der Waals surface area contributed by atoms with Gasteiger partial charge < -0.3 is 10.0 Å². The average Bonchev–Trinajstić information content (AvgIpc) is 2.82. The fourth-order valence-electron chi connectivity index (χ4n) is 2.08. The number of carbonyl (C=O) groups is 1. The van der Waals surface area contributed by atoms with Crippen LogP contribution in [0.1, 0.15) is 35.7 Å². The highest BCUT2D eigenvalue weighted by Crippen LogP contribution is 2.31. The standard InChI is InChI=1S/C13H18N2OS/c1-2-4-10-5-6-12(11(9-10)13(14)16)15-7-3-8-17-15/h5-6,9H,2-4,7-8H2,1H3,(H2,14,16). The second-order valence-electron chi connectivity index (χ2n) is 4.25. The van der Waals surface area contributed by atoms with Crippen LogP contribution in [0.2, 0.25) is 0 Å². The molecule has 92 valence electrons. The van der Waals surface area contributed by atoms with E-state index >= 15 is 0 Å². The Labute approximate surface area is 106 Å². The van der Waals surface area contributed by atoms with Gasteiger partial charge in [0.15, 0.2) is 0 Å². The molecule has 0 radical (unpaired) electrons. The highest BCUT2D eigenvalue weighted by atomic mass is 32.2. The van der Waals surface area contributed by atoms with Crippen LogP contribution in [0.3, 0.4) is 0 Å². The van der Waals surface area contributed by atoms with Crippen LogP contribution in [-0.2, 0) is 6.42 Å². The predicted molar refractivity (Wildman–Crippen MR) is 73.4 cm³/mol. The van der Waals surface area contributed by atoms with Gasteiger partial charge in [0.05, 0.1) is 11.3 Å². The molecule has 0 aliphatic carbocycles. The summed E-state index contributed by atoms with van der Waals surface area (Å²) < 4.78 is 2.18. The number of rotatable bonds is 4. The number of benzene rings is 1. The number of aryl methyl sites for hydroxylation is 1. The zero-order valence-electron chi connectivity index (χ0n) is 10.1. The van der Waals surface area contributed by atoms with Gasteiger partial charge in [-0.3, -0.25) is 4.79 Å². The van der Waals surface area contributed by atoms with E-state index in [4.69, 9.17) is 5.73 Å². The molecule has 4 heteroatoms. The molecule has 1 fully saturated rings. The smallest absolute Gasteiger partial charge is 0.250 e. The van der Waals surface area contributed by atoms with Gasteiger partial charge in [-0.2, -0.15) is 0 Å². The fraction of sp³-hybridized carbons (Fsp3) is 0.462. The molecule has 0 aromatic heterocycles. The largest absolute Gasteiger partial charge is 0.366 e. The maximum Gasteiger partial charge on any atom is 0.250 e. The van der Waals surface area contributed by atoms with Gasteiger partial charge in [0.25, 0.3) is 5.91 Å². The minimum atomic E-state index is -0.328. The first-order valence-electron chi connectivity index (χ1n) is 6.05. The number of carbonyl (C=O) groups excluding carboxylic acids is 1. The second kappa shape index (κ2) is 5.45. The molecule has 1 aromatic carbocycles. The summed E-state index contributed by atoms with van der Waals surface area (Å²) in [6, 6.07) is 6.08. The fourth-order valence-corrected chi connectivity index (χ4v) is 3.11. The molecule has 1 aliphatic rings. The van der Waals surface area contributed by atoms with Crippen molar-refractivity contribution in [3.8, 4) is 0 Å².